The highest BCUT2D eigenvalue weighted by Crippen LogP contribution is 2.25. The van der Waals surface area contributed by atoms with Crippen molar-refractivity contribution in [3.05, 3.63) is 71.9 Å². The van der Waals surface area contributed by atoms with Gasteiger partial charge in [-0.2, -0.15) is 0 Å². The second-order valence-electron chi connectivity index (χ2n) is 6.37. The molecule has 0 saturated carbocycles. The Morgan fingerprint density at radius 2 is 1.48 bits per heavy atom. The van der Waals surface area contributed by atoms with Gasteiger partial charge in [-0.3, -0.25) is 0 Å². The summed E-state index contributed by atoms with van der Waals surface area (Å²) in [7, 11) is 0. The number of fused-ring (bicyclic) bond motifs is 1. The second kappa shape index (κ2) is 8.17. The van der Waals surface area contributed by atoms with Crippen LogP contribution < -0.4 is 4.90 Å². The summed E-state index contributed by atoms with van der Waals surface area (Å²) in [5, 5.41) is 2.57. The number of piperidine rings is 1. The van der Waals surface area contributed by atoms with Gasteiger partial charge < -0.3 is 4.90 Å². The van der Waals surface area contributed by atoms with E-state index in [9.17, 15) is 0 Å². The van der Waals surface area contributed by atoms with Crippen LogP contribution >= 0.6 is 12.4 Å². The van der Waals surface area contributed by atoms with Gasteiger partial charge in [0, 0.05) is 24.8 Å². The van der Waals surface area contributed by atoms with Gasteiger partial charge in [-0.05, 0) is 47.7 Å². The third-order valence-electron chi connectivity index (χ3n) is 4.74. The first-order chi connectivity index (χ1) is 11.9. The molecule has 0 unspecified atom stereocenters. The van der Waals surface area contributed by atoms with Gasteiger partial charge in [0.15, 0.2) is 0 Å². The SMILES string of the molecule is C(=C/c1cccc2ccccc12)/c1cccnc1N1CCCCC1.Cl. The van der Waals surface area contributed by atoms with Crippen molar-refractivity contribution in [1.29, 1.82) is 0 Å². The molecular formula is C22H23ClN2. The fourth-order valence-electron chi connectivity index (χ4n) is 3.48. The van der Waals surface area contributed by atoms with E-state index in [2.05, 4.69) is 70.6 Å². The minimum Gasteiger partial charge on any atom is -0.356 e. The predicted molar refractivity (Wildman–Crippen MR) is 110 cm³/mol. The van der Waals surface area contributed by atoms with Gasteiger partial charge >= 0.3 is 0 Å². The lowest BCUT2D eigenvalue weighted by atomic mass is 10.0. The van der Waals surface area contributed by atoms with Gasteiger partial charge in [-0.15, -0.1) is 12.4 Å². The summed E-state index contributed by atoms with van der Waals surface area (Å²) in [6.07, 6.45) is 10.2. The lowest BCUT2D eigenvalue weighted by Gasteiger charge is -2.28. The largest absolute Gasteiger partial charge is 0.356 e. The Kier molecular flexibility index (Phi) is 5.72. The van der Waals surface area contributed by atoms with Crippen LogP contribution in [0.3, 0.4) is 0 Å². The molecular weight excluding hydrogens is 328 g/mol. The molecule has 2 heterocycles. The molecule has 0 bridgehead atoms. The van der Waals surface area contributed by atoms with E-state index in [4.69, 9.17) is 0 Å². The molecule has 128 valence electrons. The number of hydrogen-bond donors (Lipinski definition) is 0. The Balaban J connectivity index is 0.00000182. The number of halogens is 1. The molecule has 2 aromatic carbocycles. The molecule has 0 N–H and O–H groups in total. The number of rotatable bonds is 3. The molecule has 1 aromatic heterocycles. The van der Waals surface area contributed by atoms with Crippen molar-refractivity contribution in [3.8, 4) is 0 Å². The zero-order valence-electron chi connectivity index (χ0n) is 14.3. The third-order valence-corrected chi connectivity index (χ3v) is 4.74. The topological polar surface area (TPSA) is 16.1 Å². The minimum atomic E-state index is 0. The van der Waals surface area contributed by atoms with Crippen LogP contribution in [-0.4, -0.2) is 18.1 Å². The van der Waals surface area contributed by atoms with Gasteiger partial charge in [0.1, 0.15) is 5.82 Å². The zero-order valence-corrected chi connectivity index (χ0v) is 15.1. The van der Waals surface area contributed by atoms with E-state index < -0.39 is 0 Å². The molecule has 2 nitrogen and oxygen atoms in total. The van der Waals surface area contributed by atoms with Gasteiger partial charge in [-0.1, -0.05) is 54.6 Å². The normalized spacial score (nSPS) is 14.6. The van der Waals surface area contributed by atoms with E-state index >= 15 is 0 Å². The van der Waals surface area contributed by atoms with Crippen LogP contribution in [-0.2, 0) is 0 Å². The highest BCUT2D eigenvalue weighted by Gasteiger charge is 2.14. The van der Waals surface area contributed by atoms with Gasteiger partial charge in [-0.25, -0.2) is 4.98 Å². The molecule has 0 radical (unpaired) electrons. The first-order valence-corrected chi connectivity index (χ1v) is 8.78. The van der Waals surface area contributed by atoms with Crippen molar-refractivity contribution in [2.75, 3.05) is 18.0 Å². The quantitative estimate of drug-likeness (QED) is 0.591. The Bertz CT molecular complexity index is 861. The molecule has 0 amide bonds. The van der Waals surface area contributed by atoms with Crippen molar-refractivity contribution in [1.82, 2.24) is 4.98 Å². The van der Waals surface area contributed by atoms with Crippen LogP contribution in [0, 0.1) is 0 Å². The summed E-state index contributed by atoms with van der Waals surface area (Å²) >= 11 is 0. The monoisotopic (exact) mass is 350 g/mol. The molecule has 0 spiro atoms. The van der Waals surface area contributed by atoms with Crippen LogP contribution in [0.2, 0.25) is 0 Å². The standard InChI is InChI=1S/C22H22N2.ClH/c1-4-16-24(17-5-1)22-20(11-7-15-23-22)14-13-19-10-6-9-18-8-2-3-12-21(18)19;/h2-3,6-15H,1,4-5,16-17H2;1H/b14-13-;. The van der Waals surface area contributed by atoms with E-state index in [0.717, 1.165) is 18.9 Å². The number of anilines is 1. The van der Waals surface area contributed by atoms with E-state index in [1.54, 1.807) is 0 Å². The number of pyridine rings is 1. The molecule has 0 atom stereocenters. The highest BCUT2D eigenvalue weighted by molar-refractivity contribution is 5.93. The van der Waals surface area contributed by atoms with E-state index in [0.29, 0.717) is 0 Å². The minimum absolute atomic E-state index is 0. The highest BCUT2D eigenvalue weighted by atomic mass is 35.5. The molecule has 1 saturated heterocycles. The Morgan fingerprint density at radius 1 is 0.760 bits per heavy atom. The van der Waals surface area contributed by atoms with Gasteiger partial charge in [0.05, 0.1) is 0 Å². The lowest BCUT2D eigenvalue weighted by molar-refractivity contribution is 0.573. The molecule has 1 aliphatic rings. The van der Waals surface area contributed by atoms with Gasteiger partial charge in [0.2, 0.25) is 0 Å². The van der Waals surface area contributed by atoms with Crippen molar-refractivity contribution in [2.24, 2.45) is 0 Å². The fourth-order valence-corrected chi connectivity index (χ4v) is 3.48. The average molecular weight is 351 g/mol. The van der Waals surface area contributed by atoms with Gasteiger partial charge in [0.25, 0.3) is 0 Å². The average Bonchev–Trinajstić information content (AvgIpc) is 2.67. The molecule has 4 rings (SSSR count). The van der Waals surface area contributed by atoms with Crippen LogP contribution in [0.5, 0.6) is 0 Å². The molecule has 25 heavy (non-hydrogen) atoms. The summed E-state index contributed by atoms with van der Waals surface area (Å²) in [4.78, 5) is 7.07. The maximum Gasteiger partial charge on any atom is 0.135 e. The summed E-state index contributed by atoms with van der Waals surface area (Å²) in [5.74, 6) is 1.12. The Hall–Kier alpha value is -2.32. The van der Waals surface area contributed by atoms with Crippen molar-refractivity contribution < 1.29 is 0 Å². The van der Waals surface area contributed by atoms with E-state index in [-0.39, 0.29) is 12.4 Å². The Morgan fingerprint density at radius 3 is 2.36 bits per heavy atom. The number of benzene rings is 2. The van der Waals surface area contributed by atoms with E-state index in [1.807, 2.05) is 12.3 Å². The molecule has 1 aliphatic heterocycles. The number of hydrogen-bond acceptors (Lipinski definition) is 2. The summed E-state index contributed by atoms with van der Waals surface area (Å²) < 4.78 is 0. The maximum atomic E-state index is 4.65. The number of nitrogens with zero attached hydrogens (tertiary/aromatic N) is 2. The second-order valence-corrected chi connectivity index (χ2v) is 6.37. The maximum absolute atomic E-state index is 4.65. The third kappa shape index (κ3) is 3.85. The van der Waals surface area contributed by atoms with Crippen LogP contribution in [0.4, 0.5) is 5.82 Å². The van der Waals surface area contributed by atoms with Crippen LogP contribution in [0.1, 0.15) is 30.4 Å². The smallest absolute Gasteiger partial charge is 0.135 e. The zero-order chi connectivity index (χ0) is 16.2. The summed E-state index contributed by atoms with van der Waals surface area (Å²) in [5.41, 5.74) is 2.45. The molecule has 3 aromatic rings. The molecule has 0 aliphatic carbocycles. The van der Waals surface area contributed by atoms with E-state index in [1.165, 1.54) is 41.2 Å². The van der Waals surface area contributed by atoms with Crippen molar-refractivity contribution in [3.63, 3.8) is 0 Å². The molecule has 3 heteroatoms. The van der Waals surface area contributed by atoms with Crippen LogP contribution in [0.25, 0.3) is 22.9 Å². The predicted octanol–water partition coefficient (Wildman–Crippen LogP) is 5.82. The van der Waals surface area contributed by atoms with Crippen LogP contribution in [0.15, 0.2) is 60.8 Å². The summed E-state index contributed by atoms with van der Waals surface area (Å²) in [6.45, 7) is 2.23. The van der Waals surface area contributed by atoms with Crippen molar-refractivity contribution in [2.45, 2.75) is 19.3 Å². The number of aromatic nitrogens is 1. The molecule has 1 fully saturated rings. The van der Waals surface area contributed by atoms with Crippen molar-refractivity contribution >= 4 is 41.1 Å². The summed E-state index contributed by atoms with van der Waals surface area (Å²) in [6, 6.07) is 19.2. The lowest BCUT2D eigenvalue weighted by Crippen LogP contribution is -2.30. The first kappa shape index (κ1) is 17.5. The Labute approximate surface area is 155 Å². The first-order valence-electron chi connectivity index (χ1n) is 8.78. The fraction of sp³-hybridized carbons (Fsp3) is 0.227.